The van der Waals surface area contributed by atoms with Crippen molar-refractivity contribution < 1.29 is 18.7 Å². The minimum absolute atomic E-state index is 0.0509. The lowest BCUT2D eigenvalue weighted by atomic mass is 9.96. The van der Waals surface area contributed by atoms with E-state index in [4.69, 9.17) is 4.74 Å². The van der Waals surface area contributed by atoms with Crippen LogP contribution in [0.15, 0.2) is 48.5 Å². The van der Waals surface area contributed by atoms with E-state index in [1.807, 2.05) is 24.3 Å². The zero-order chi connectivity index (χ0) is 19.2. The number of ether oxygens (including phenoxy) is 1. The van der Waals surface area contributed by atoms with Crippen molar-refractivity contribution in [1.82, 2.24) is 10.2 Å². The van der Waals surface area contributed by atoms with E-state index in [9.17, 15) is 14.0 Å². The van der Waals surface area contributed by atoms with Gasteiger partial charge in [0.1, 0.15) is 11.6 Å². The predicted molar refractivity (Wildman–Crippen MR) is 99.9 cm³/mol. The summed E-state index contributed by atoms with van der Waals surface area (Å²) in [7, 11) is 1.60. The summed E-state index contributed by atoms with van der Waals surface area (Å²) in [5.41, 5.74) is 0.993. The molecule has 1 heterocycles. The van der Waals surface area contributed by atoms with Gasteiger partial charge in [0.05, 0.1) is 18.6 Å². The number of hydrogen-bond donors (Lipinski definition) is 1. The van der Waals surface area contributed by atoms with Gasteiger partial charge in [0.25, 0.3) is 5.91 Å². The van der Waals surface area contributed by atoms with Crippen LogP contribution >= 0.6 is 0 Å². The van der Waals surface area contributed by atoms with Gasteiger partial charge in [-0.15, -0.1) is 0 Å². The van der Waals surface area contributed by atoms with Gasteiger partial charge < -0.3 is 15.0 Å². The first-order valence-electron chi connectivity index (χ1n) is 9.03. The highest BCUT2D eigenvalue weighted by Crippen LogP contribution is 2.20. The van der Waals surface area contributed by atoms with Gasteiger partial charge in [-0.25, -0.2) is 4.39 Å². The number of methoxy groups -OCH3 is 1. The van der Waals surface area contributed by atoms with E-state index in [0.29, 0.717) is 26.1 Å². The van der Waals surface area contributed by atoms with Crippen molar-refractivity contribution in [2.24, 2.45) is 5.92 Å². The first kappa shape index (κ1) is 18.9. The fourth-order valence-electron chi connectivity index (χ4n) is 3.30. The normalized spacial score (nSPS) is 16.7. The van der Waals surface area contributed by atoms with Crippen LogP contribution in [0.2, 0.25) is 0 Å². The minimum Gasteiger partial charge on any atom is -0.497 e. The van der Waals surface area contributed by atoms with Crippen molar-refractivity contribution in [2.75, 3.05) is 20.2 Å². The highest BCUT2D eigenvalue weighted by molar-refractivity contribution is 5.95. The molecule has 0 aliphatic carbocycles. The molecule has 2 aromatic carbocycles. The second-order valence-corrected chi connectivity index (χ2v) is 6.64. The SMILES string of the molecule is COc1cccc(CNC(=O)C2CCCN(C(=O)c3ccccc3F)C2)c1. The molecule has 0 aromatic heterocycles. The zero-order valence-electron chi connectivity index (χ0n) is 15.3. The fourth-order valence-corrected chi connectivity index (χ4v) is 3.30. The largest absolute Gasteiger partial charge is 0.497 e. The molecule has 3 rings (SSSR count). The molecule has 5 nitrogen and oxygen atoms in total. The van der Waals surface area contributed by atoms with Crippen molar-refractivity contribution in [3.8, 4) is 5.75 Å². The number of rotatable bonds is 5. The second kappa shape index (κ2) is 8.66. The lowest BCUT2D eigenvalue weighted by Crippen LogP contribution is -2.45. The van der Waals surface area contributed by atoms with E-state index in [2.05, 4.69) is 5.32 Å². The van der Waals surface area contributed by atoms with Crippen LogP contribution in [0.25, 0.3) is 0 Å². The monoisotopic (exact) mass is 370 g/mol. The van der Waals surface area contributed by atoms with Crippen molar-refractivity contribution in [3.63, 3.8) is 0 Å². The first-order chi connectivity index (χ1) is 13.1. The van der Waals surface area contributed by atoms with Crippen molar-refractivity contribution >= 4 is 11.8 Å². The zero-order valence-corrected chi connectivity index (χ0v) is 15.3. The molecule has 27 heavy (non-hydrogen) atoms. The molecule has 0 bridgehead atoms. The van der Waals surface area contributed by atoms with Gasteiger partial charge in [-0.1, -0.05) is 24.3 Å². The molecular weight excluding hydrogens is 347 g/mol. The highest BCUT2D eigenvalue weighted by atomic mass is 19.1. The summed E-state index contributed by atoms with van der Waals surface area (Å²) in [6.07, 6.45) is 1.43. The maximum Gasteiger partial charge on any atom is 0.256 e. The Morgan fingerprint density at radius 1 is 1.22 bits per heavy atom. The number of carbonyl (C=O) groups is 2. The van der Waals surface area contributed by atoms with Gasteiger partial charge in [-0.2, -0.15) is 0 Å². The first-order valence-corrected chi connectivity index (χ1v) is 9.03. The molecule has 2 aromatic rings. The molecule has 1 unspecified atom stereocenters. The van der Waals surface area contributed by atoms with E-state index >= 15 is 0 Å². The Bertz CT molecular complexity index is 825. The van der Waals surface area contributed by atoms with Crippen LogP contribution in [-0.2, 0) is 11.3 Å². The van der Waals surface area contributed by atoms with Crippen molar-refractivity contribution in [2.45, 2.75) is 19.4 Å². The molecule has 0 spiro atoms. The average Bonchev–Trinajstić information content (AvgIpc) is 2.72. The number of nitrogens with zero attached hydrogens (tertiary/aromatic N) is 1. The lowest BCUT2D eigenvalue weighted by molar-refractivity contribution is -0.126. The van der Waals surface area contributed by atoms with Gasteiger partial charge in [0, 0.05) is 19.6 Å². The average molecular weight is 370 g/mol. The number of likely N-dealkylation sites (tertiary alicyclic amines) is 1. The van der Waals surface area contributed by atoms with Crippen LogP contribution in [0.4, 0.5) is 4.39 Å². The molecule has 0 saturated carbocycles. The van der Waals surface area contributed by atoms with E-state index in [1.165, 1.54) is 12.1 Å². The number of benzene rings is 2. The topological polar surface area (TPSA) is 58.6 Å². The third-order valence-corrected chi connectivity index (χ3v) is 4.78. The Morgan fingerprint density at radius 3 is 2.81 bits per heavy atom. The summed E-state index contributed by atoms with van der Waals surface area (Å²) in [5.74, 6) is -0.546. The number of piperidine rings is 1. The Balaban J connectivity index is 1.59. The maximum atomic E-state index is 13.9. The third kappa shape index (κ3) is 4.64. The maximum absolute atomic E-state index is 13.9. The van der Waals surface area contributed by atoms with Crippen LogP contribution in [0.3, 0.4) is 0 Å². The number of hydrogen-bond acceptors (Lipinski definition) is 3. The molecule has 1 aliphatic rings. The number of carbonyl (C=O) groups excluding carboxylic acids is 2. The molecule has 142 valence electrons. The van der Waals surface area contributed by atoms with Crippen LogP contribution in [0.1, 0.15) is 28.8 Å². The van der Waals surface area contributed by atoms with Crippen molar-refractivity contribution in [1.29, 1.82) is 0 Å². The van der Waals surface area contributed by atoms with Crippen molar-refractivity contribution in [3.05, 3.63) is 65.5 Å². The summed E-state index contributed by atoms with van der Waals surface area (Å²) in [5, 5.41) is 2.92. The Labute approximate surface area is 158 Å². The van der Waals surface area contributed by atoms with Crippen LogP contribution in [-0.4, -0.2) is 36.9 Å². The smallest absolute Gasteiger partial charge is 0.256 e. The predicted octanol–water partition coefficient (Wildman–Crippen LogP) is 3.00. The molecule has 0 radical (unpaired) electrons. The number of amides is 2. The van der Waals surface area contributed by atoms with E-state index in [-0.39, 0.29) is 23.3 Å². The quantitative estimate of drug-likeness (QED) is 0.880. The third-order valence-electron chi connectivity index (χ3n) is 4.78. The van der Waals surface area contributed by atoms with Gasteiger partial charge in [0.15, 0.2) is 0 Å². The summed E-state index contributed by atoms with van der Waals surface area (Å²) in [4.78, 5) is 26.7. The van der Waals surface area contributed by atoms with Crippen LogP contribution < -0.4 is 10.1 Å². The fraction of sp³-hybridized carbons (Fsp3) is 0.333. The summed E-state index contributed by atoms with van der Waals surface area (Å²) in [6, 6.07) is 13.4. The minimum atomic E-state index is -0.535. The van der Waals surface area contributed by atoms with E-state index in [1.54, 1.807) is 24.1 Å². The van der Waals surface area contributed by atoms with Crippen LogP contribution in [0.5, 0.6) is 5.75 Å². The Morgan fingerprint density at radius 2 is 2.04 bits per heavy atom. The van der Waals surface area contributed by atoms with Gasteiger partial charge >= 0.3 is 0 Å². The molecule has 1 fully saturated rings. The van der Waals surface area contributed by atoms with E-state index < -0.39 is 5.82 Å². The lowest BCUT2D eigenvalue weighted by Gasteiger charge is -2.32. The Hall–Kier alpha value is -2.89. The standard InChI is InChI=1S/C21H23FN2O3/c1-27-17-8-4-6-15(12-17)13-23-20(25)16-7-5-11-24(14-16)21(26)18-9-2-3-10-19(18)22/h2-4,6,8-10,12,16H,5,7,11,13-14H2,1H3,(H,23,25). The molecule has 1 aliphatic heterocycles. The summed E-state index contributed by atoms with van der Waals surface area (Å²) >= 11 is 0. The number of nitrogens with one attached hydrogen (secondary N) is 1. The van der Waals surface area contributed by atoms with Crippen LogP contribution in [0, 0.1) is 11.7 Å². The molecule has 1 saturated heterocycles. The highest BCUT2D eigenvalue weighted by Gasteiger charge is 2.29. The summed E-state index contributed by atoms with van der Waals surface area (Å²) < 4.78 is 19.1. The van der Waals surface area contributed by atoms with E-state index in [0.717, 1.165) is 17.7 Å². The molecular formula is C21H23FN2O3. The van der Waals surface area contributed by atoms with Gasteiger partial charge in [-0.3, -0.25) is 9.59 Å². The molecule has 1 atom stereocenters. The molecule has 6 heteroatoms. The molecule has 1 N–H and O–H groups in total. The number of halogens is 1. The summed E-state index contributed by atoms with van der Waals surface area (Å²) in [6.45, 7) is 1.23. The Kier molecular flexibility index (Phi) is 6.06. The van der Waals surface area contributed by atoms with Gasteiger partial charge in [-0.05, 0) is 42.7 Å². The molecule has 2 amide bonds. The van der Waals surface area contributed by atoms with Gasteiger partial charge in [0.2, 0.25) is 5.91 Å². The second-order valence-electron chi connectivity index (χ2n) is 6.64.